The topological polar surface area (TPSA) is 72.9 Å². The molecule has 6 heteroatoms. The third-order valence-corrected chi connectivity index (χ3v) is 5.31. The molecule has 3 rings (SSSR count). The first kappa shape index (κ1) is 15.7. The van der Waals surface area contributed by atoms with Gasteiger partial charge in [0.15, 0.2) is 0 Å². The number of likely N-dealkylation sites (tertiary alicyclic amines) is 2. The van der Waals surface area contributed by atoms with E-state index in [2.05, 4.69) is 10.2 Å². The summed E-state index contributed by atoms with van der Waals surface area (Å²) in [4.78, 5) is 28.4. The summed E-state index contributed by atoms with van der Waals surface area (Å²) in [6.45, 7) is 4.68. The van der Waals surface area contributed by atoms with Gasteiger partial charge >= 0.3 is 0 Å². The minimum Gasteiger partial charge on any atom is -0.388 e. The second-order valence-corrected chi connectivity index (χ2v) is 7.02. The van der Waals surface area contributed by atoms with Crippen LogP contribution in [-0.4, -0.2) is 71.6 Å². The molecule has 1 atom stereocenters. The zero-order valence-corrected chi connectivity index (χ0v) is 13.2. The highest BCUT2D eigenvalue weighted by Crippen LogP contribution is 2.26. The van der Waals surface area contributed by atoms with Crippen molar-refractivity contribution < 1.29 is 14.7 Å². The molecule has 3 saturated heterocycles. The molecule has 0 radical (unpaired) electrons. The molecule has 0 aromatic heterocycles. The number of rotatable bonds is 3. The molecule has 0 aliphatic carbocycles. The Morgan fingerprint density at radius 2 is 1.86 bits per heavy atom. The normalized spacial score (nSPS) is 29.4. The van der Waals surface area contributed by atoms with Crippen molar-refractivity contribution in [2.75, 3.05) is 39.3 Å². The van der Waals surface area contributed by atoms with Gasteiger partial charge in [-0.3, -0.25) is 9.59 Å². The van der Waals surface area contributed by atoms with E-state index in [-0.39, 0.29) is 11.8 Å². The molecule has 0 aromatic carbocycles. The minimum atomic E-state index is -0.671. The van der Waals surface area contributed by atoms with Crippen LogP contribution in [0.4, 0.5) is 0 Å². The molecule has 2 amide bonds. The maximum Gasteiger partial charge on any atom is 0.235 e. The Bertz CT molecular complexity index is 426. The zero-order chi connectivity index (χ0) is 15.6. The highest BCUT2D eigenvalue weighted by molar-refractivity contribution is 6.00. The van der Waals surface area contributed by atoms with Crippen LogP contribution in [0.5, 0.6) is 0 Å². The largest absolute Gasteiger partial charge is 0.388 e. The molecule has 0 saturated carbocycles. The van der Waals surface area contributed by atoms with Crippen LogP contribution < -0.4 is 5.32 Å². The van der Waals surface area contributed by atoms with Crippen molar-refractivity contribution in [2.24, 2.45) is 5.92 Å². The molecule has 0 bridgehead atoms. The number of hydrogen-bond acceptors (Lipinski definition) is 4. The standard InChI is InChI=1S/C16H27N3O3/c20-14-13(4-3-7-17-14)15(21)19-10-5-16(22,6-11-19)12-18-8-1-2-9-18/h13,22H,1-12H2,(H,17,20)/t13-/m1/s1. The fourth-order valence-electron chi connectivity index (χ4n) is 3.89. The number of nitrogens with zero attached hydrogens (tertiary/aromatic N) is 2. The lowest BCUT2D eigenvalue weighted by Crippen LogP contribution is -2.54. The van der Waals surface area contributed by atoms with Gasteiger partial charge in [0, 0.05) is 26.2 Å². The summed E-state index contributed by atoms with van der Waals surface area (Å²) in [5, 5.41) is 13.5. The lowest BCUT2D eigenvalue weighted by atomic mass is 9.89. The monoisotopic (exact) mass is 309 g/mol. The molecule has 22 heavy (non-hydrogen) atoms. The van der Waals surface area contributed by atoms with Crippen LogP contribution in [0.25, 0.3) is 0 Å². The van der Waals surface area contributed by atoms with Crippen LogP contribution >= 0.6 is 0 Å². The Balaban J connectivity index is 1.52. The van der Waals surface area contributed by atoms with Gasteiger partial charge in [0.1, 0.15) is 5.92 Å². The first-order chi connectivity index (χ1) is 10.6. The first-order valence-corrected chi connectivity index (χ1v) is 8.59. The summed E-state index contributed by atoms with van der Waals surface area (Å²) in [5.74, 6) is -0.701. The second-order valence-electron chi connectivity index (χ2n) is 7.02. The average Bonchev–Trinajstić information content (AvgIpc) is 3.00. The molecule has 6 nitrogen and oxygen atoms in total. The SMILES string of the molecule is O=C1NCCC[C@H]1C(=O)N1CCC(O)(CN2CCCC2)CC1. The van der Waals surface area contributed by atoms with E-state index in [1.807, 2.05) is 0 Å². The van der Waals surface area contributed by atoms with E-state index in [1.165, 1.54) is 12.8 Å². The molecule has 0 spiro atoms. The molecule has 3 heterocycles. The predicted molar refractivity (Wildman–Crippen MR) is 82.2 cm³/mol. The zero-order valence-electron chi connectivity index (χ0n) is 13.2. The Kier molecular flexibility index (Phi) is 4.68. The van der Waals surface area contributed by atoms with Crippen molar-refractivity contribution >= 4 is 11.8 Å². The van der Waals surface area contributed by atoms with Crippen molar-refractivity contribution in [1.82, 2.24) is 15.1 Å². The fourth-order valence-corrected chi connectivity index (χ4v) is 3.89. The fraction of sp³-hybridized carbons (Fsp3) is 0.875. The van der Waals surface area contributed by atoms with E-state index in [1.54, 1.807) is 4.90 Å². The number of β-amino-alcohol motifs (C(OH)–C–C–N with tert-alkyl or cyclic N) is 1. The predicted octanol–water partition coefficient (Wildman–Crippen LogP) is -0.0381. The number of hydrogen-bond donors (Lipinski definition) is 2. The van der Waals surface area contributed by atoms with E-state index in [4.69, 9.17) is 0 Å². The number of nitrogens with one attached hydrogen (secondary N) is 1. The number of amides is 2. The summed E-state index contributed by atoms with van der Waals surface area (Å²) < 4.78 is 0. The molecule has 3 fully saturated rings. The molecule has 3 aliphatic heterocycles. The van der Waals surface area contributed by atoms with Crippen molar-refractivity contribution in [2.45, 2.75) is 44.1 Å². The van der Waals surface area contributed by atoms with Crippen molar-refractivity contribution in [3.63, 3.8) is 0 Å². The summed E-state index contributed by atoms with van der Waals surface area (Å²) >= 11 is 0. The first-order valence-electron chi connectivity index (χ1n) is 8.59. The van der Waals surface area contributed by atoms with Crippen molar-refractivity contribution in [3.05, 3.63) is 0 Å². The van der Waals surface area contributed by atoms with E-state index in [9.17, 15) is 14.7 Å². The van der Waals surface area contributed by atoms with Gasteiger partial charge in [-0.2, -0.15) is 0 Å². The number of piperidine rings is 2. The molecular weight excluding hydrogens is 282 g/mol. The number of carbonyl (C=O) groups excluding carboxylic acids is 2. The van der Waals surface area contributed by atoms with Gasteiger partial charge in [0.05, 0.1) is 5.60 Å². The van der Waals surface area contributed by atoms with Crippen LogP contribution in [-0.2, 0) is 9.59 Å². The minimum absolute atomic E-state index is 0.0552. The summed E-state index contributed by atoms with van der Waals surface area (Å²) in [6.07, 6.45) is 5.19. The quantitative estimate of drug-likeness (QED) is 0.718. The van der Waals surface area contributed by atoms with Gasteiger partial charge < -0.3 is 20.2 Å². The van der Waals surface area contributed by atoms with Crippen LogP contribution in [0.3, 0.4) is 0 Å². The summed E-state index contributed by atoms with van der Waals surface area (Å²) in [6, 6.07) is 0. The molecule has 0 aromatic rings. The lowest BCUT2D eigenvalue weighted by Gasteiger charge is -2.41. The molecule has 0 unspecified atom stereocenters. The van der Waals surface area contributed by atoms with Gasteiger partial charge in [-0.05, 0) is 51.6 Å². The summed E-state index contributed by atoms with van der Waals surface area (Å²) in [5.41, 5.74) is -0.671. The van der Waals surface area contributed by atoms with E-state index >= 15 is 0 Å². The Labute approximate surface area is 131 Å². The molecule has 124 valence electrons. The van der Waals surface area contributed by atoms with Crippen LogP contribution in [0.15, 0.2) is 0 Å². The summed E-state index contributed by atoms with van der Waals surface area (Å²) in [7, 11) is 0. The van der Waals surface area contributed by atoms with Gasteiger partial charge in [0.25, 0.3) is 0 Å². The van der Waals surface area contributed by atoms with Crippen LogP contribution in [0.2, 0.25) is 0 Å². The van der Waals surface area contributed by atoms with E-state index < -0.39 is 11.5 Å². The van der Waals surface area contributed by atoms with Gasteiger partial charge in [-0.1, -0.05) is 0 Å². The third kappa shape index (κ3) is 3.43. The highest BCUT2D eigenvalue weighted by atomic mass is 16.3. The molecule has 2 N–H and O–H groups in total. The van der Waals surface area contributed by atoms with Crippen molar-refractivity contribution in [1.29, 1.82) is 0 Å². The molecular formula is C16H27N3O3. The Morgan fingerprint density at radius 3 is 2.50 bits per heavy atom. The second kappa shape index (κ2) is 6.54. The average molecular weight is 309 g/mol. The Morgan fingerprint density at radius 1 is 1.18 bits per heavy atom. The van der Waals surface area contributed by atoms with Gasteiger partial charge in [-0.25, -0.2) is 0 Å². The maximum absolute atomic E-state index is 12.5. The lowest BCUT2D eigenvalue weighted by molar-refractivity contribution is -0.146. The highest BCUT2D eigenvalue weighted by Gasteiger charge is 2.39. The number of aliphatic hydroxyl groups is 1. The van der Waals surface area contributed by atoms with E-state index in [0.29, 0.717) is 38.9 Å². The van der Waals surface area contributed by atoms with Crippen LogP contribution in [0.1, 0.15) is 38.5 Å². The smallest absolute Gasteiger partial charge is 0.235 e. The van der Waals surface area contributed by atoms with Crippen molar-refractivity contribution in [3.8, 4) is 0 Å². The van der Waals surface area contributed by atoms with Gasteiger partial charge in [-0.15, -0.1) is 0 Å². The third-order valence-electron chi connectivity index (χ3n) is 5.31. The van der Waals surface area contributed by atoms with Gasteiger partial charge in [0.2, 0.25) is 11.8 Å². The number of carbonyl (C=O) groups is 2. The molecule has 3 aliphatic rings. The van der Waals surface area contributed by atoms with Crippen LogP contribution in [0, 0.1) is 5.92 Å². The Hall–Kier alpha value is -1.14. The maximum atomic E-state index is 12.5. The van der Waals surface area contributed by atoms with E-state index in [0.717, 1.165) is 26.1 Å².